The summed E-state index contributed by atoms with van der Waals surface area (Å²) in [5.74, 6) is 0.998. The zero-order chi connectivity index (χ0) is 20.4. The molecular weight excluding hydrogens is 390 g/mol. The quantitative estimate of drug-likeness (QED) is 0.664. The van der Waals surface area contributed by atoms with Gasteiger partial charge < -0.3 is 14.8 Å². The lowest BCUT2D eigenvalue weighted by molar-refractivity contribution is -0.114. The normalized spacial score (nSPS) is 19.4. The van der Waals surface area contributed by atoms with E-state index >= 15 is 0 Å². The van der Waals surface area contributed by atoms with Crippen molar-refractivity contribution < 1.29 is 14.3 Å². The monoisotopic (exact) mass is 413 g/mol. The van der Waals surface area contributed by atoms with Gasteiger partial charge in [-0.15, -0.1) is 11.3 Å². The molecular formula is C20H23N5O3S. The minimum Gasteiger partial charge on any atom is -0.481 e. The van der Waals surface area contributed by atoms with Crippen LogP contribution in [0.1, 0.15) is 25.1 Å². The number of carbonyl (C=O) groups is 1. The summed E-state index contributed by atoms with van der Waals surface area (Å²) in [4.78, 5) is 27.8. The highest BCUT2D eigenvalue weighted by atomic mass is 32.1. The van der Waals surface area contributed by atoms with Crippen molar-refractivity contribution in [3.63, 3.8) is 0 Å². The number of anilines is 1. The van der Waals surface area contributed by atoms with Gasteiger partial charge in [0, 0.05) is 61.1 Å². The van der Waals surface area contributed by atoms with Crippen molar-refractivity contribution in [3.8, 4) is 11.8 Å². The lowest BCUT2D eigenvalue weighted by Gasteiger charge is -2.19. The van der Waals surface area contributed by atoms with Gasteiger partial charge in [-0.05, 0) is 19.1 Å². The van der Waals surface area contributed by atoms with Crippen LogP contribution in [-0.4, -0.2) is 51.6 Å². The maximum Gasteiger partial charge on any atom is 0.223 e. The van der Waals surface area contributed by atoms with Gasteiger partial charge in [-0.3, -0.25) is 9.69 Å². The van der Waals surface area contributed by atoms with Crippen LogP contribution in [0.4, 0.5) is 5.13 Å². The topological polar surface area (TPSA) is 89.5 Å². The minimum absolute atomic E-state index is 0.0586. The number of ether oxygens (including phenoxy) is 2. The fourth-order valence-electron chi connectivity index (χ4n) is 3.45. The molecule has 2 atom stereocenters. The minimum atomic E-state index is -0.108. The molecule has 4 rings (SSSR count). The highest BCUT2D eigenvalue weighted by molar-refractivity contribution is 7.15. The zero-order valence-corrected chi connectivity index (χ0v) is 17.4. The molecule has 3 aromatic heterocycles. The Morgan fingerprint density at radius 2 is 2.03 bits per heavy atom. The van der Waals surface area contributed by atoms with Crippen LogP contribution >= 0.6 is 11.3 Å². The number of likely N-dealkylation sites (tertiary alicyclic amines) is 1. The molecule has 1 N–H and O–H groups in total. The maximum atomic E-state index is 11.2. The number of fused-ring (bicyclic) bond motifs is 1. The number of hydrogen-bond donors (Lipinski definition) is 1. The van der Waals surface area contributed by atoms with E-state index in [2.05, 4.69) is 32.1 Å². The standard InChI is InChI=1S/C20H23N5O3S/c1-12-8-15(10-25(12)11-16-9-21-20(29-16)22-13(2)26)28-18-7-5-14-4-6-17(27-3)23-19(14)24-18/h4-7,9,12,15H,8,10-11H2,1-3H3,(H,21,22,26)/t12-,15+/m0/s1. The summed E-state index contributed by atoms with van der Waals surface area (Å²) in [5.41, 5.74) is 0.611. The van der Waals surface area contributed by atoms with Crippen molar-refractivity contribution in [3.05, 3.63) is 35.3 Å². The van der Waals surface area contributed by atoms with Gasteiger partial charge in [0.25, 0.3) is 0 Å². The number of hydrogen-bond acceptors (Lipinski definition) is 8. The first-order valence-electron chi connectivity index (χ1n) is 9.45. The van der Waals surface area contributed by atoms with E-state index in [4.69, 9.17) is 9.47 Å². The number of thiazole rings is 1. The lowest BCUT2D eigenvalue weighted by atomic mass is 10.2. The fraction of sp³-hybridized carbons (Fsp3) is 0.400. The highest BCUT2D eigenvalue weighted by Crippen LogP contribution is 2.27. The largest absolute Gasteiger partial charge is 0.481 e. The highest BCUT2D eigenvalue weighted by Gasteiger charge is 2.31. The second-order valence-electron chi connectivity index (χ2n) is 7.12. The van der Waals surface area contributed by atoms with Gasteiger partial charge in [-0.2, -0.15) is 9.97 Å². The Kier molecular flexibility index (Phi) is 5.59. The van der Waals surface area contributed by atoms with Crippen molar-refractivity contribution in [2.45, 2.75) is 39.0 Å². The number of carbonyl (C=O) groups excluding carboxylic acids is 1. The Balaban J connectivity index is 1.40. The van der Waals surface area contributed by atoms with Crippen LogP contribution in [0.2, 0.25) is 0 Å². The van der Waals surface area contributed by atoms with Gasteiger partial charge in [0.2, 0.25) is 17.7 Å². The third-order valence-corrected chi connectivity index (χ3v) is 5.76. The molecule has 0 bridgehead atoms. The Morgan fingerprint density at radius 1 is 1.28 bits per heavy atom. The molecule has 1 saturated heterocycles. The number of nitrogens with zero attached hydrogens (tertiary/aromatic N) is 4. The SMILES string of the molecule is COc1ccc2ccc(O[C@@H]3C[C@H](C)N(Cc4cnc(NC(C)=O)s4)C3)nc2n1. The molecule has 1 aliphatic rings. The number of aromatic nitrogens is 3. The second-order valence-corrected chi connectivity index (χ2v) is 8.23. The van der Waals surface area contributed by atoms with E-state index in [0.717, 1.165) is 29.8 Å². The van der Waals surface area contributed by atoms with Gasteiger partial charge >= 0.3 is 0 Å². The first kappa shape index (κ1) is 19.5. The average Bonchev–Trinajstić information content (AvgIpc) is 3.27. The molecule has 29 heavy (non-hydrogen) atoms. The van der Waals surface area contributed by atoms with Crippen LogP contribution in [0.25, 0.3) is 11.0 Å². The van der Waals surface area contributed by atoms with Crippen LogP contribution in [0.3, 0.4) is 0 Å². The van der Waals surface area contributed by atoms with E-state index in [1.54, 1.807) is 7.11 Å². The van der Waals surface area contributed by atoms with Crippen molar-refractivity contribution in [1.29, 1.82) is 0 Å². The van der Waals surface area contributed by atoms with Gasteiger partial charge in [-0.1, -0.05) is 0 Å². The van der Waals surface area contributed by atoms with E-state index in [0.29, 0.717) is 28.6 Å². The van der Waals surface area contributed by atoms with Crippen LogP contribution in [0, 0.1) is 0 Å². The first-order chi connectivity index (χ1) is 14.0. The summed E-state index contributed by atoms with van der Waals surface area (Å²) < 4.78 is 11.3. The molecule has 1 amide bonds. The Morgan fingerprint density at radius 3 is 2.79 bits per heavy atom. The third-order valence-electron chi connectivity index (χ3n) is 4.86. The summed E-state index contributed by atoms with van der Waals surface area (Å²) >= 11 is 1.50. The van der Waals surface area contributed by atoms with Gasteiger partial charge in [0.05, 0.1) is 7.11 Å². The summed E-state index contributed by atoms with van der Waals surface area (Å²) in [6.45, 7) is 5.26. The molecule has 0 aromatic carbocycles. The van der Waals surface area contributed by atoms with Crippen molar-refractivity contribution in [2.75, 3.05) is 19.0 Å². The molecule has 9 heteroatoms. The molecule has 0 aliphatic carbocycles. The summed E-state index contributed by atoms with van der Waals surface area (Å²) in [6.07, 6.45) is 2.80. The summed E-state index contributed by atoms with van der Waals surface area (Å²) in [7, 11) is 1.59. The van der Waals surface area contributed by atoms with E-state index in [9.17, 15) is 4.79 Å². The molecule has 0 radical (unpaired) electrons. The molecule has 0 saturated carbocycles. The number of amides is 1. The van der Waals surface area contributed by atoms with Crippen LogP contribution < -0.4 is 14.8 Å². The number of rotatable bonds is 6. The Hall–Kier alpha value is -2.78. The van der Waals surface area contributed by atoms with Crippen molar-refractivity contribution in [1.82, 2.24) is 19.9 Å². The van der Waals surface area contributed by atoms with Gasteiger partial charge in [0.15, 0.2) is 10.8 Å². The molecule has 152 valence electrons. The maximum absolute atomic E-state index is 11.2. The molecule has 3 aromatic rings. The fourth-order valence-corrected chi connectivity index (χ4v) is 4.34. The first-order valence-corrected chi connectivity index (χ1v) is 10.3. The lowest BCUT2D eigenvalue weighted by Crippen LogP contribution is -2.27. The molecule has 1 aliphatic heterocycles. The summed E-state index contributed by atoms with van der Waals surface area (Å²) in [5, 5.41) is 4.31. The number of nitrogens with one attached hydrogen (secondary N) is 1. The predicted molar refractivity (Wildman–Crippen MR) is 111 cm³/mol. The van der Waals surface area contributed by atoms with E-state index in [-0.39, 0.29) is 12.0 Å². The predicted octanol–water partition coefficient (Wildman–Crippen LogP) is 3.10. The van der Waals surface area contributed by atoms with E-state index in [1.165, 1.54) is 18.3 Å². The smallest absolute Gasteiger partial charge is 0.223 e. The summed E-state index contributed by atoms with van der Waals surface area (Å²) in [6, 6.07) is 7.97. The van der Waals surface area contributed by atoms with Crippen molar-refractivity contribution in [2.24, 2.45) is 0 Å². The zero-order valence-electron chi connectivity index (χ0n) is 16.6. The van der Waals surface area contributed by atoms with Gasteiger partial charge in [0.1, 0.15) is 6.10 Å². The van der Waals surface area contributed by atoms with E-state index < -0.39 is 0 Å². The molecule has 8 nitrogen and oxygen atoms in total. The third kappa shape index (κ3) is 4.63. The second kappa shape index (κ2) is 8.30. The number of pyridine rings is 2. The average molecular weight is 414 g/mol. The molecule has 1 fully saturated rings. The molecule has 4 heterocycles. The number of methoxy groups -OCH3 is 1. The Bertz CT molecular complexity index is 1020. The van der Waals surface area contributed by atoms with Gasteiger partial charge in [-0.25, -0.2) is 4.98 Å². The van der Waals surface area contributed by atoms with Crippen LogP contribution in [0.5, 0.6) is 11.8 Å². The van der Waals surface area contributed by atoms with Crippen LogP contribution in [0.15, 0.2) is 30.5 Å². The van der Waals surface area contributed by atoms with Crippen LogP contribution in [-0.2, 0) is 11.3 Å². The molecule has 0 unspecified atom stereocenters. The van der Waals surface area contributed by atoms with E-state index in [1.807, 2.05) is 30.5 Å². The molecule has 0 spiro atoms. The van der Waals surface area contributed by atoms with Crippen molar-refractivity contribution >= 4 is 33.4 Å². The Labute approximate surface area is 172 Å².